The molecule has 0 unspecified atom stereocenters. The van der Waals surface area contributed by atoms with Gasteiger partial charge >= 0.3 is 0 Å². The van der Waals surface area contributed by atoms with E-state index >= 15 is 0 Å². The Bertz CT molecular complexity index is 1280. The first-order valence-electron chi connectivity index (χ1n) is 9.25. The lowest BCUT2D eigenvalue weighted by Gasteiger charge is -2.07. The summed E-state index contributed by atoms with van der Waals surface area (Å²) in [5, 5.41) is 2.92. The lowest BCUT2D eigenvalue weighted by Crippen LogP contribution is -2.05. The molecule has 0 saturated heterocycles. The van der Waals surface area contributed by atoms with Gasteiger partial charge in [0.25, 0.3) is 0 Å². The quantitative estimate of drug-likeness (QED) is 0.361. The number of rotatable bonds is 5. The first-order valence-corrected chi connectivity index (χ1v) is 11.5. The van der Waals surface area contributed by atoms with Crippen LogP contribution in [-0.2, 0) is 9.84 Å². The molecule has 4 rings (SSSR count). The Morgan fingerprint density at radius 3 is 2.00 bits per heavy atom. The number of sulfone groups is 1. The minimum atomic E-state index is -3.89. The molecule has 3 aromatic carbocycles. The van der Waals surface area contributed by atoms with Crippen LogP contribution < -0.4 is 5.32 Å². The molecule has 0 radical (unpaired) electrons. The number of benzene rings is 3. The fourth-order valence-corrected chi connectivity index (χ4v) is 4.40. The van der Waals surface area contributed by atoms with E-state index in [0.717, 1.165) is 15.6 Å². The highest BCUT2D eigenvalue weighted by Crippen LogP contribution is 2.34. The van der Waals surface area contributed by atoms with E-state index < -0.39 is 9.84 Å². The summed E-state index contributed by atoms with van der Waals surface area (Å²) in [5.74, 6) is 0.306. The van der Waals surface area contributed by atoms with Crippen LogP contribution in [0.15, 0.2) is 91.6 Å². The number of nitrogens with one attached hydrogen (secondary N) is 1. The molecule has 1 aromatic heterocycles. The highest BCUT2D eigenvalue weighted by atomic mass is 79.9. The van der Waals surface area contributed by atoms with E-state index in [1.807, 2.05) is 62.4 Å². The molecule has 5 nitrogen and oxygen atoms in total. The summed E-state index contributed by atoms with van der Waals surface area (Å²) in [6.45, 7) is 3.89. The van der Waals surface area contributed by atoms with E-state index in [2.05, 4.69) is 26.2 Å². The van der Waals surface area contributed by atoms with Crippen molar-refractivity contribution in [1.29, 1.82) is 0 Å². The molecule has 1 heterocycles. The van der Waals surface area contributed by atoms with Crippen LogP contribution in [0.4, 0.5) is 11.6 Å². The number of hydrogen-bond donors (Lipinski definition) is 1. The molecule has 0 fully saturated rings. The first-order chi connectivity index (χ1) is 14.3. The highest BCUT2D eigenvalue weighted by Gasteiger charge is 2.28. The van der Waals surface area contributed by atoms with E-state index in [4.69, 9.17) is 4.42 Å². The van der Waals surface area contributed by atoms with E-state index in [9.17, 15) is 8.42 Å². The molecule has 0 amide bonds. The molecule has 30 heavy (non-hydrogen) atoms. The predicted octanol–water partition coefficient (Wildman–Crippen LogP) is 6.30. The van der Waals surface area contributed by atoms with Gasteiger partial charge in [0.15, 0.2) is 0 Å². The van der Waals surface area contributed by atoms with E-state index in [1.165, 1.54) is 0 Å². The van der Waals surface area contributed by atoms with Crippen LogP contribution >= 0.6 is 15.9 Å². The monoisotopic (exact) mass is 482 g/mol. The minimum absolute atomic E-state index is 0.0809. The third-order valence-electron chi connectivity index (χ3n) is 4.58. The average molecular weight is 483 g/mol. The van der Waals surface area contributed by atoms with Gasteiger partial charge in [0.1, 0.15) is 0 Å². The molecule has 0 saturated carbocycles. The van der Waals surface area contributed by atoms with Crippen molar-refractivity contribution in [2.24, 2.45) is 0 Å². The molecule has 4 aromatic rings. The van der Waals surface area contributed by atoms with Gasteiger partial charge in [-0.15, -0.1) is 0 Å². The summed E-state index contributed by atoms with van der Waals surface area (Å²) < 4.78 is 33.5. The Balaban J connectivity index is 1.83. The van der Waals surface area contributed by atoms with Crippen molar-refractivity contribution in [1.82, 2.24) is 4.98 Å². The zero-order valence-electron chi connectivity index (χ0n) is 16.4. The lowest BCUT2D eigenvalue weighted by atomic mass is 10.2. The Morgan fingerprint density at radius 1 is 0.833 bits per heavy atom. The van der Waals surface area contributed by atoms with E-state index in [-0.39, 0.29) is 21.7 Å². The second kappa shape index (κ2) is 8.08. The first kappa shape index (κ1) is 20.4. The molecular formula is C23H19BrN2O3S. The summed E-state index contributed by atoms with van der Waals surface area (Å²) >= 11 is 3.40. The van der Waals surface area contributed by atoms with Gasteiger partial charge in [-0.1, -0.05) is 51.3 Å². The molecule has 0 aliphatic rings. The fraction of sp³-hybridized carbons (Fsp3) is 0.0870. The Labute approximate surface area is 183 Å². The number of aromatic nitrogens is 1. The summed E-state index contributed by atoms with van der Waals surface area (Å²) in [7, 11) is -3.89. The Morgan fingerprint density at radius 2 is 1.40 bits per heavy atom. The van der Waals surface area contributed by atoms with Gasteiger partial charge in [-0.25, -0.2) is 8.42 Å². The second-order valence-corrected chi connectivity index (χ2v) is 9.75. The van der Waals surface area contributed by atoms with Crippen LogP contribution in [0.25, 0.3) is 11.5 Å². The maximum Gasteiger partial charge on any atom is 0.238 e. The molecule has 0 aliphatic heterocycles. The number of halogens is 1. The van der Waals surface area contributed by atoms with Gasteiger partial charge in [0, 0.05) is 15.7 Å². The molecule has 0 aliphatic carbocycles. The standard InChI is InChI=1S/C23H19BrN2O3S/c1-15-3-11-19(12-4-15)25-22-23(30(27,28)20-13-5-16(2)6-14-20)26-21(29-22)17-7-9-18(24)10-8-17/h3-14,25H,1-2H3. The van der Waals surface area contributed by atoms with Crippen LogP contribution in [0, 0.1) is 13.8 Å². The van der Waals surface area contributed by atoms with Crippen molar-refractivity contribution in [3.8, 4) is 11.5 Å². The van der Waals surface area contributed by atoms with Gasteiger partial charge in [0.05, 0.1) is 4.90 Å². The van der Waals surface area contributed by atoms with Gasteiger partial charge in [0.2, 0.25) is 26.6 Å². The molecule has 0 spiro atoms. The average Bonchev–Trinajstić information content (AvgIpc) is 3.15. The fourth-order valence-electron chi connectivity index (χ4n) is 2.88. The summed E-state index contributed by atoms with van der Waals surface area (Å²) in [5.41, 5.74) is 3.46. The van der Waals surface area contributed by atoms with Gasteiger partial charge in [-0.05, 0) is 62.4 Å². The summed E-state index contributed by atoms with van der Waals surface area (Å²) in [6, 6.07) is 21.6. The lowest BCUT2D eigenvalue weighted by molar-refractivity contribution is 0.582. The van der Waals surface area contributed by atoms with Crippen molar-refractivity contribution in [2.45, 2.75) is 23.8 Å². The Hall–Kier alpha value is -2.90. The van der Waals surface area contributed by atoms with Crippen LogP contribution in [-0.4, -0.2) is 13.4 Å². The normalized spacial score (nSPS) is 11.4. The number of aryl methyl sites for hydroxylation is 2. The molecule has 7 heteroatoms. The summed E-state index contributed by atoms with van der Waals surface area (Å²) in [6.07, 6.45) is 0. The summed E-state index contributed by atoms with van der Waals surface area (Å²) in [4.78, 5) is 4.52. The van der Waals surface area contributed by atoms with Gasteiger partial charge in [-0.2, -0.15) is 4.98 Å². The smallest absolute Gasteiger partial charge is 0.238 e. The van der Waals surface area contributed by atoms with E-state index in [0.29, 0.717) is 11.3 Å². The van der Waals surface area contributed by atoms with Crippen LogP contribution in [0.2, 0.25) is 0 Å². The van der Waals surface area contributed by atoms with Gasteiger partial charge in [-0.3, -0.25) is 0 Å². The highest BCUT2D eigenvalue weighted by molar-refractivity contribution is 9.10. The molecule has 1 N–H and O–H groups in total. The second-order valence-electron chi connectivity index (χ2n) is 6.97. The van der Waals surface area contributed by atoms with Crippen molar-refractivity contribution >= 4 is 37.3 Å². The SMILES string of the molecule is Cc1ccc(Nc2oc(-c3ccc(Br)cc3)nc2S(=O)(=O)c2ccc(C)cc2)cc1. The van der Waals surface area contributed by atoms with Crippen molar-refractivity contribution < 1.29 is 12.8 Å². The van der Waals surface area contributed by atoms with Crippen molar-refractivity contribution in [3.05, 3.63) is 88.4 Å². The molecule has 0 atom stereocenters. The van der Waals surface area contributed by atoms with Crippen LogP contribution in [0.1, 0.15) is 11.1 Å². The zero-order chi connectivity index (χ0) is 21.3. The zero-order valence-corrected chi connectivity index (χ0v) is 18.8. The van der Waals surface area contributed by atoms with Crippen LogP contribution in [0.3, 0.4) is 0 Å². The predicted molar refractivity (Wildman–Crippen MR) is 121 cm³/mol. The number of hydrogen-bond acceptors (Lipinski definition) is 5. The maximum atomic E-state index is 13.3. The minimum Gasteiger partial charge on any atom is -0.419 e. The molecule has 0 bridgehead atoms. The van der Waals surface area contributed by atoms with Crippen LogP contribution in [0.5, 0.6) is 0 Å². The number of anilines is 2. The number of nitrogens with zero attached hydrogens (tertiary/aromatic N) is 1. The third kappa shape index (κ3) is 4.17. The van der Waals surface area contributed by atoms with Gasteiger partial charge < -0.3 is 9.73 Å². The van der Waals surface area contributed by atoms with Crippen molar-refractivity contribution in [3.63, 3.8) is 0 Å². The topological polar surface area (TPSA) is 72.2 Å². The number of oxazole rings is 1. The largest absolute Gasteiger partial charge is 0.419 e. The third-order valence-corrected chi connectivity index (χ3v) is 6.79. The van der Waals surface area contributed by atoms with E-state index in [1.54, 1.807) is 24.3 Å². The maximum absolute atomic E-state index is 13.3. The molecule has 152 valence electrons. The molecular weight excluding hydrogens is 464 g/mol. The van der Waals surface area contributed by atoms with Crippen molar-refractivity contribution in [2.75, 3.05) is 5.32 Å². The Kier molecular flexibility index (Phi) is 5.49.